The van der Waals surface area contributed by atoms with Crippen molar-refractivity contribution in [1.29, 1.82) is 0 Å². The molecule has 4 heterocycles. The van der Waals surface area contributed by atoms with Gasteiger partial charge in [0.2, 0.25) is 0 Å². The quantitative estimate of drug-likeness (QED) is 0.679. The number of hydrogen-bond acceptors (Lipinski definition) is 5. The first kappa shape index (κ1) is 18.3. The number of rotatable bonds is 5. The van der Waals surface area contributed by atoms with Crippen LogP contribution >= 0.6 is 0 Å². The van der Waals surface area contributed by atoms with E-state index in [9.17, 15) is 4.79 Å². The number of pyridine rings is 1. The molecule has 1 saturated heterocycles. The van der Waals surface area contributed by atoms with Gasteiger partial charge >= 0.3 is 0 Å². The third-order valence-corrected chi connectivity index (χ3v) is 5.31. The van der Waals surface area contributed by atoms with Crippen LogP contribution in [0.15, 0.2) is 36.9 Å². The van der Waals surface area contributed by atoms with Crippen LogP contribution in [0.1, 0.15) is 53.5 Å². The molecule has 0 unspecified atom stereocenters. The second-order valence-corrected chi connectivity index (χ2v) is 7.18. The summed E-state index contributed by atoms with van der Waals surface area (Å²) in [7, 11) is 0. The molecule has 1 fully saturated rings. The first-order valence-corrected chi connectivity index (χ1v) is 9.76. The van der Waals surface area contributed by atoms with E-state index in [2.05, 4.69) is 31.7 Å². The Morgan fingerprint density at radius 2 is 2.04 bits per heavy atom. The van der Waals surface area contributed by atoms with Crippen LogP contribution in [0, 0.1) is 6.92 Å². The van der Waals surface area contributed by atoms with Crippen LogP contribution in [-0.4, -0.2) is 53.2 Å². The summed E-state index contributed by atoms with van der Waals surface area (Å²) in [5, 5.41) is 8.92. The first-order valence-electron chi connectivity index (χ1n) is 9.76. The summed E-state index contributed by atoms with van der Waals surface area (Å²) in [5.74, 6) is 2.30. The zero-order valence-corrected chi connectivity index (χ0v) is 16.3. The lowest BCUT2D eigenvalue weighted by atomic mass is 9.95. The largest absolute Gasteiger partial charge is 0.337 e. The van der Waals surface area contributed by atoms with Gasteiger partial charge in [0.15, 0.2) is 5.82 Å². The second-order valence-electron chi connectivity index (χ2n) is 7.18. The molecule has 3 aromatic heterocycles. The number of amides is 1. The lowest BCUT2D eigenvalue weighted by Gasteiger charge is -2.31. The van der Waals surface area contributed by atoms with Crippen molar-refractivity contribution in [2.75, 3.05) is 13.1 Å². The summed E-state index contributed by atoms with van der Waals surface area (Å²) < 4.78 is 4.19. The van der Waals surface area contributed by atoms with Gasteiger partial charge < -0.3 is 14.0 Å². The smallest absolute Gasteiger partial charge is 0.272 e. The van der Waals surface area contributed by atoms with Crippen LogP contribution in [-0.2, 0) is 13.1 Å². The minimum absolute atomic E-state index is 0.0138. The molecule has 1 amide bonds. The molecule has 1 aliphatic rings. The highest BCUT2D eigenvalue weighted by molar-refractivity contribution is 5.92. The van der Waals surface area contributed by atoms with Gasteiger partial charge in [-0.25, -0.2) is 9.97 Å². The van der Waals surface area contributed by atoms with Crippen molar-refractivity contribution in [3.63, 3.8) is 0 Å². The molecule has 0 aliphatic carbocycles. The van der Waals surface area contributed by atoms with Crippen molar-refractivity contribution in [1.82, 2.24) is 34.2 Å². The number of nitrogens with zero attached hydrogens (tertiary/aromatic N) is 7. The van der Waals surface area contributed by atoms with Gasteiger partial charge in [-0.1, -0.05) is 6.07 Å². The van der Waals surface area contributed by atoms with Crippen LogP contribution in [0.2, 0.25) is 0 Å². The van der Waals surface area contributed by atoms with Crippen molar-refractivity contribution >= 4 is 5.91 Å². The number of likely N-dealkylation sites (tertiary alicyclic amines) is 1. The summed E-state index contributed by atoms with van der Waals surface area (Å²) in [6.07, 6.45) is 7.26. The maximum absolute atomic E-state index is 12.7. The zero-order chi connectivity index (χ0) is 19.5. The SMILES string of the molecule is CCn1c(Cn2ccnc2)nnc1C1CCN(C(=O)c2cccc(C)n2)CC1. The average Bonchev–Trinajstić information content (AvgIpc) is 3.37. The van der Waals surface area contributed by atoms with Crippen LogP contribution < -0.4 is 0 Å². The molecular formula is C20H25N7O. The molecule has 4 rings (SSSR count). The van der Waals surface area contributed by atoms with Gasteiger partial charge in [0.1, 0.15) is 11.5 Å². The van der Waals surface area contributed by atoms with E-state index in [0.717, 1.165) is 36.7 Å². The van der Waals surface area contributed by atoms with Crippen molar-refractivity contribution in [2.24, 2.45) is 0 Å². The molecule has 1 aliphatic heterocycles. The van der Waals surface area contributed by atoms with E-state index in [1.165, 1.54) is 0 Å². The maximum Gasteiger partial charge on any atom is 0.272 e. The van der Waals surface area contributed by atoms with Gasteiger partial charge in [-0.05, 0) is 38.8 Å². The van der Waals surface area contributed by atoms with Crippen LogP contribution in [0.4, 0.5) is 0 Å². The van der Waals surface area contributed by atoms with Gasteiger partial charge in [-0.3, -0.25) is 4.79 Å². The van der Waals surface area contributed by atoms with Gasteiger partial charge in [0.05, 0.1) is 12.9 Å². The summed E-state index contributed by atoms with van der Waals surface area (Å²) in [5.41, 5.74) is 1.39. The topological polar surface area (TPSA) is 81.7 Å². The Bertz CT molecular complexity index is 939. The van der Waals surface area contributed by atoms with E-state index < -0.39 is 0 Å². The summed E-state index contributed by atoms with van der Waals surface area (Å²) in [6.45, 7) is 6.95. The van der Waals surface area contributed by atoms with E-state index in [4.69, 9.17) is 0 Å². The van der Waals surface area contributed by atoms with Gasteiger partial charge in [-0.15, -0.1) is 10.2 Å². The molecule has 0 spiro atoms. The number of aryl methyl sites for hydroxylation is 1. The molecular weight excluding hydrogens is 354 g/mol. The lowest BCUT2D eigenvalue weighted by molar-refractivity contribution is 0.0704. The Labute approximate surface area is 164 Å². The fraction of sp³-hybridized carbons (Fsp3) is 0.450. The predicted octanol–water partition coefficient (Wildman–Crippen LogP) is 2.27. The highest BCUT2D eigenvalue weighted by atomic mass is 16.2. The third kappa shape index (κ3) is 3.67. The maximum atomic E-state index is 12.7. The lowest BCUT2D eigenvalue weighted by Crippen LogP contribution is -2.38. The van der Waals surface area contributed by atoms with Crippen molar-refractivity contribution < 1.29 is 4.79 Å². The highest BCUT2D eigenvalue weighted by Crippen LogP contribution is 2.28. The molecule has 28 heavy (non-hydrogen) atoms. The van der Waals surface area contributed by atoms with Crippen molar-refractivity contribution in [3.8, 4) is 0 Å². The van der Waals surface area contributed by atoms with E-state index in [0.29, 0.717) is 31.2 Å². The summed E-state index contributed by atoms with van der Waals surface area (Å²) in [6, 6.07) is 5.58. The number of hydrogen-bond donors (Lipinski definition) is 0. The Balaban J connectivity index is 1.44. The van der Waals surface area contributed by atoms with Crippen LogP contribution in [0.25, 0.3) is 0 Å². The molecule has 8 nitrogen and oxygen atoms in total. The number of carbonyl (C=O) groups excluding carboxylic acids is 1. The Morgan fingerprint density at radius 1 is 1.21 bits per heavy atom. The normalized spacial score (nSPS) is 15.1. The van der Waals surface area contributed by atoms with Gasteiger partial charge in [0.25, 0.3) is 5.91 Å². The molecule has 146 valence electrons. The number of piperidine rings is 1. The number of aromatic nitrogens is 6. The molecule has 0 radical (unpaired) electrons. The Kier molecular flexibility index (Phi) is 5.18. The molecule has 0 saturated carbocycles. The minimum Gasteiger partial charge on any atom is -0.337 e. The summed E-state index contributed by atoms with van der Waals surface area (Å²) in [4.78, 5) is 23.1. The fourth-order valence-electron chi connectivity index (χ4n) is 3.82. The molecule has 0 N–H and O–H groups in total. The first-order chi connectivity index (χ1) is 13.7. The molecule has 0 bridgehead atoms. The Hall–Kier alpha value is -3.03. The highest BCUT2D eigenvalue weighted by Gasteiger charge is 2.28. The standard InChI is InChI=1S/C20H25N7O/c1-3-27-18(13-25-12-9-21-14-25)23-24-19(27)16-7-10-26(11-8-16)20(28)17-6-4-5-15(2)22-17/h4-6,9,12,14,16H,3,7-8,10-11,13H2,1-2H3. The average molecular weight is 379 g/mol. The van der Waals surface area contributed by atoms with Crippen molar-refractivity contribution in [3.05, 3.63) is 60.0 Å². The number of imidazole rings is 1. The summed E-state index contributed by atoms with van der Waals surface area (Å²) >= 11 is 0. The number of carbonyl (C=O) groups is 1. The second kappa shape index (κ2) is 7.92. The van der Waals surface area contributed by atoms with Crippen LogP contribution in [0.5, 0.6) is 0 Å². The molecule has 8 heteroatoms. The van der Waals surface area contributed by atoms with E-state index in [-0.39, 0.29) is 5.91 Å². The predicted molar refractivity (Wildman–Crippen MR) is 104 cm³/mol. The van der Waals surface area contributed by atoms with Gasteiger partial charge in [0, 0.05) is 43.6 Å². The van der Waals surface area contributed by atoms with E-state index in [1.54, 1.807) is 18.6 Å². The minimum atomic E-state index is 0.0138. The van der Waals surface area contributed by atoms with E-state index >= 15 is 0 Å². The molecule has 0 aromatic carbocycles. The van der Waals surface area contributed by atoms with Crippen LogP contribution in [0.3, 0.4) is 0 Å². The third-order valence-electron chi connectivity index (χ3n) is 5.31. The van der Waals surface area contributed by atoms with Crippen molar-refractivity contribution in [2.45, 2.75) is 45.7 Å². The Morgan fingerprint density at radius 3 is 2.71 bits per heavy atom. The molecule has 3 aromatic rings. The monoisotopic (exact) mass is 379 g/mol. The fourth-order valence-corrected chi connectivity index (χ4v) is 3.82. The molecule has 0 atom stereocenters. The zero-order valence-electron chi connectivity index (χ0n) is 16.3. The van der Waals surface area contributed by atoms with E-state index in [1.807, 2.05) is 34.7 Å². The van der Waals surface area contributed by atoms with Gasteiger partial charge in [-0.2, -0.15) is 0 Å².